The average molecular weight is 338 g/mol. The van der Waals surface area contributed by atoms with Crippen LogP contribution in [0.1, 0.15) is 40.2 Å². The number of thiophene rings is 1. The number of nitrogen functional groups attached to an aromatic ring is 1. The summed E-state index contributed by atoms with van der Waals surface area (Å²) >= 11 is 1.36. The van der Waals surface area contributed by atoms with E-state index in [1.807, 2.05) is 0 Å². The van der Waals surface area contributed by atoms with Crippen LogP contribution >= 0.6 is 11.3 Å². The first-order valence-electron chi connectivity index (χ1n) is 8.14. The SMILES string of the molecule is Nc1c(C(=O)Nc2cccnc2)sc2nc3c(cc12)CCCCC3. The van der Waals surface area contributed by atoms with E-state index in [2.05, 4.69) is 16.4 Å². The molecule has 3 N–H and O–H groups in total. The summed E-state index contributed by atoms with van der Waals surface area (Å²) in [6, 6.07) is 5.72. The van der Waals surface area contributed by atoms with E-state index in [1.54, 1.807) is 24.5 Å². The minimum absolute atomic E-state index is 0.210. The molecular formula is C18H18N4OS. The maximum Gasteiger partial charge on any atom is 0.267 e. The van der Waals surface area contributed by atoms with E-state index in [-0.39, 0.29) is 5.91 Å². The lowest BCUT2D eigenvalue weighted by molar-refractivity contribution is 0.103. The van der Waals surface area contributed by atoms with Gasteiger partial charge in [0.25, 0.3) is 5.91 Å². The highest BCUT2D eigenvalue weighted by Gasteiger charge is 2.20. The Morgan fingerprint density at radius 3 is 2.96 bits per heavy atom. The summed E-state index contributed by atoms with van der Waals surface area (Å²) in [7, 11) is 0. The fraction of sp³-hybridized carbons (Fsp3) is 0.278. The van der Waals surface area contributed by atoms with Crippen molar-refractivity contribution in [2.75, 3.05) is 11.1 Å². The largest absolute Gasteiger partial charge is 0.397 e. The van der Waals surface area contributed by atoms with E-state index in [0.717, 1.165) is 23.1 Å². The average Bonchev–Trinajstić information content (AvgIpc) is 2.77. The molecule has 0 radical (unpaired) electrons. The highest BCUT2D eigenvalue weighted by molar-refractivity contribution is 7.21. The molecule has 3 aromatic rings. The van der Waals surface area contributed by atoms with Gasteiger partial charge in [0, 0.05) is 17.3 Å². The molecule has 0 aliphatic heterocycles. The smallest absolute Gasteiger partial charge is 0.267 e. The number of carbonyl (C=O) groups is 1. The number of rotatable bonds is 2. The van der Waals surface area contributed by atoms with Gasteiger partial charge in [-0.15, -0.1) is 11.3 Å². The summed E-state index contributed by atoms with van der Waals surface area (Å²) in [5, 5.41) is 3.74. The highest BCUT2D eigenvalue weighted by atomic mass is 32.1. The third-order valence-corrected chi connectivity index (χ3v) is 5.49. The number of nitrogens with one attached hydrogen (secondary N) is 1. The van der Waals surface area contributed by atoms with E-state index >= 15 is 0 Å². The van der Waals surface area contributed by atoms with Crippen LogP contribution in [-0.2, 0) is 12.8 Å². The van der Waals surface area contributed by atoms with E-state index in [1.165, 1.54) is 41.9 Å². The quantitative estimate of drug-likeness (QED) is 0.697. The van der Waals surface area contributed by atoms with Crippen molar-refractivity contribution in [3.63, 3.8) is 0 Å². The minimum atomic E-state index is -0.210. The first-order valence-corrected chi connectivity index (χ1v) is 8.96. The molecule has 3 aromatic heterocycles. The summed E-state index contributed by atoms with van der Waals surface area (Å²) in [6.07, 6.45) is 8.96. The normalized spacial score (nSPS) is 14.2. The maximum absolute atomic E-state index is 12.5. The van der Waals surface area contributed by atoms with Crippen molar-refractivity contribution in [3.05, 3.63) is 46.7 Å². The van der Waals surface area contributed by atoms with E-state index in [9.17, 15) is 4.79 Å². The molecule has 0 atom stereocenters. The number of anilines is 2. The van der Waals surface area contributed by atoms with E-state index in [0.29, 0.717) is 16.3 Å². The predicted molar refractivity (Wildman–Crippen MR) is 97.5 cm³/mol. The fourth-order valence-electron chi connectivity index (χ4n) is 3.13. The Morgan fingerprint density at radius 1 is 1.25 bits per heavy atom. The molecule has 0 bridgehead atoms. The Bertz CT molecular complexity index is 904. The lowest BCUT2D eigenvalue weighted by Gasteiger charge is -2.05. The van der Waals surface area contributed by atoms with Crippen molar-refractivity contribution >= 4 is 38.8 Å². The Hall–Kier alpha value is -2.47. The molecule has 0 spiro atoms. The zero-order chi connectivity index (χ0) is 16.5. The molecule has 3 heterocycles. The van der Waals surface area contributed by atoms with Gasteiger partial charge in [-0.05, 0) is 49.4 Å². The summed E-state index contributed by atoms with van der Waals surface area (Å²) < 4.78 is 0. The predicted octanol–water partition coefficient (Wildman–Crippen LogP) is 3.79. The van der Waals surface area contributed by atoms with Crippen LogP contribution in [0.15, 0.2) is 30.6 Å². The molecule has 1 aliphatic rings. The number of pyridine rings is 2. The summed E-state index contributed by atoms with van der Waals surface area (Å²) in [4.78, 5) is 22.7. The van der Waals surface area contributed by atoms with Gasteiger partial charge in [0.05, 0.1) is 17.6 Å². The summed E-state index contributed by atoms with van der Waals surface area (Å²) in [6.45, 7) is 0. The van der Waals surface area contributed by atoms with Crippen molar-refractivity contribution in [1.29, 1.82) is 0 Å². The molecule has 0 saturated heterocycles. The molecule has 0 saturated carbocycles. The van der Waals surface area contributed by atoms with E-state index < -0.39 is 0 Å². The Labute approximate surface area is 143 Å². The zero-order valence-corrected chi connectivity index (χ0v) is 14.0. The van der Waals surface area contributed by atoms with Crippen LogP contribution in [0.3, 0.4) is 0 Å². The van der Waals surface area contributed by atoms with Crippen molar-refractivity contribution in [3.8, 4) is 0 Å². The van der Waals surface area contributed by atoms with Gasteiger partial charge in [-0.3, -0.25) is 9.78 Å². The Morgan fingerprint density at radius 2 is 2.12 bits per heavy atom. The van der Waals surface area contributed by atoms with Gasteiger partial charge in [-0.25, -0.2) is 4.98 Å². The zero-order valence-electron chi connectivity index (χ0n) is 13.2. The number of hydrogen-bond acceptors (Lipinski definition) is 5. The molecule has 122 valence electrons. The lowest BCUT2D eigenvalue weighted by atomic mass is 10.1. The standard InChI is InChI=1S/C18H18N4OS/c19-15-13-9-11-5-2-1-3-7-14(11)22-18(13)24-16(15)17(23)21-12-6-4-8-20-10-12/h4,6,8-10H,1-3,5,7,19H2,(H,21,23). The molecule has 1 aliphatic carbocycles. The molecule has 1 amide bonds. The molecule has 5 nitrogen and oxygen atoms in total. The van der Waals surface area contributed by atoms with Gasteiger partial charge in [-0.1, -0.05) is 6.42 Å². The number of nitrogens with zero attached hydrogens (tertiary/aromatic N) is 2. The van der Waals surface area contributed by atoms with Gasteiger partial charge in [0.15, 0.2) is 0 Å². The molecule has 0 unspecified atom stereocenters. The van der Waals surface area contributed by atoms with E-state index in [4.69, 9.17) is 10.7 Å². The van der Waals surface area contributed by atoms with Crippen LogP contribution in [0.2, 0.25) is 0 Å². The monoisotopic (exact) mass is 338 g/mol. The first-order chi connectivity index (χ1) is 11.7. The van der Waals surface area contributed by atoms with Gasteiger partial charge in [0.1, 0.15) is 9.71 Å². The van der Waals surface area contributed by atoms with Crippen LogP contribution in [0.25, 0.3) is 10.2 Å². The highest BCUT2D eigenvalue weighted by Crippen LogP contribution is 2.35. The van der Waals surface area contributed by atoms with Gasteiger partial charge in [0.2, 0.25) is 0 Å². The molecule has 6 heteroatoms. The molecule has 0 fully saturated rings. The second kappa shape index (κ2) is 6.20. The summed E-state index contributed by atoms with van der Waals surface area (Å²) in [5.41, 5.74) is 9.89. The van der Waals surface area contributed by atoms with Crippen LogP contribution in [-0.4, -0.2) is 15.9 Å². The first kappa shape index (κ1) is 15.1. The van der Waals surface area contributed by atoms with Crippen molar-refractivity contribution in [2.45, 2.75) is 32.1 Å². The Balaban J connectivity index is 1.71. The van der Waals surface area contributed by atoms with Gasteiger partial charge < -0.3 is 11.1 Å². The number of amides is 1. The van der Waals surface area contributed by atoms with Crippen LogP contribution in [0, 0.1) is 0 Å². The topological polar surface area (TPSA) is 80.9 Å². The van der Waals surface area contributed by atoms with Crippen molar-refractivity contribution < 1.29 is 4.79 Å². The molecule has 4 rings (SSSR count). The second-order valence-electron chi connectivity index (χ2n) is 6.05. The minimum Gasteiger partial charge on any atom is -0.397 e. The van der Waals surface area contributed by atoms with Crippen LogP contribution in [0.4, 0.5) is 11.4 Å². The van der Waals surface area contributed by atoms with Crippen LogP contribution < -0.4 is 11.1 Å². The number of hydrogen-bond donors (Lipinski definition) is 2. The van der Waals surface area contributed by atoms with Crippen molar-refractivity contribution in [2.24, 2.45) is 0 Å². The number of aromatic nitrogens is 2. The summed E-state index contributed by atoms with van der Waals surface area (Å²) in [5.74, 6) is -0.210. The van der Waals surface area contributed by atoms with Crippen LogP contribution in [0.5, 0.6) is 0 Å². The molecule has 24 heavy (non-hydrogen) atoms. The number of aryl methyl sites for hydroxylation is 2. The molecule has 0 aromatic carbocycles. The maximum atomic E-state index is 12.5. The second-order valence-corrected chi connectivity index (χ2v) is 7.05. The van der Waals surface area contributed by atoms with Crippen molar-refractivity contribution in [1.82, 2.24) is 9.97 Å². The molecular weight excluding hydrogens is 320 g/mol. The number of fused-ring (bicyclic) bond motifs is 2. The number of nitrogens with two attached hydrogens (primary N) is 1. The Kier molecular flexibility index (Phi) is 3.90. The third kappa shape index (κ3) is 2.73. The number of carbonyl (C=O) groups excluding carboxylic acids is 1. The third-order valence-electron chi connectivity index (χ3n) is 4.38. The van der Waals surface area contributed by atoms with Gasteiger partial charge in [-0.2, -0.15) is 0 Å². The lowest BCUT2D eigenvalue weighted by Crippen LogP contribution is -2.11. The van der Waals surface area contributed by atoms with Gasteiger partial charge >= 0.3 is 0 Å². The fourth-order valence-corrected chi connectivity index (χ4v) is 4.12.